The second kappa shape index (κ2) is 5.13. The van der Waals surface area contributed by atoms with Gasteiger partial charge < -0.3 is 4.90 Å². The van der Waals surface area contributed by atoms with Gasteiger partial charge in [0.05, 0.1) is 6.04 Å². The number of fused-ring (bicyclic) bond motifs is 2. The summed E-state index contributed by atoms with van der Waals surface area (Å²) in [5, 5.41) is 4.12. The molecule has 0 spiro atoms. The SMILES string of the molecule is Cn1nccc1C(=O)N1C2C=C(c3ccccc3)CC1CC2. The molecule has 112 valence electrons. The molecule has 4 nitrogen and oxygen atoms in total. The number of nitrogens with zero attached hydrogens (tertiary/aromatic N) is 3. The maximum absolute atomic E-state index is 12.8. The molecule has 2 atom stereocenters. The van der Waals surface area contributed by atoms with E-state index in [0.717, 1.165) is 19.3 Å². The van der Waals surface area contributed by atoms with Crippen LogP contribution in [-0.4, -0.2) is 32.7 Å². The Balaban J connectivity index is 1.65. The van der Waals surface area contributed by atoms with E-state index in [1.165, 1.54) is 11.1 Å². The molecule has 3 heterocycles. The Labute approximate surface area is 130 Å². The van der Waals surface area contributed by atoms with Crippen LogP contribution in [-0.2, 0) is 7.05 Å². The van der Waals surface area contributed by atoms with E-state index >= 15 is 0 Å². The lowest BCUT2D eigenvalue weighted by molar-refractivity contribution is 0.0681. The number of aromatic nitrogens is 2. The lowest BCUT2D eigenvalue weighted by atomic mass is 9.94. The number of rotatable bonds is 2. The van der Waals surface area contributed by atoms with Crippen LogP contribution in [0.5, 0.6) is 0 Å². The molecule has 1 saturated heterocycles. The van der Waals surface area contributed by atoms with Gasteiger partial charge in [0.25, 0.3) is 5.91 Å². The van der Waals surface area contributed by atoms with Crippen molar-refractivity contribution >= 4 is 11.5 Å². The lowest BCUT2D eigenvalue weighted by Crippen LogP contribution is -2.43. The highest BCUT2D eigenvalue weighted by molar-refractivity contribution is 5.94. The Kier molecular flexibility index (Phi) is 3.10. The average Bonchev–Trinajstić information content (AvgIpc) is 3.08. The van der Waals surface area contributed by atoms with Crippen molar-refractivity contribution in [1.82, 2.24) is 14.7 Å². The molecule has 0 aliphatic carbocycles. The molecular formula is C18H19N3O. The van der Waals surface area contributed by atoms with Crippen molar-refractivity contribution in [3.63, 3.8) is 0 Å². The van der Waals surface area contributed by atoms with Crippen molar-refractivity contribution in [3.05, 3.63) is 59.9 Å². The number of hydrogen-bond acceptors (Lipinski definition) is 2. The number of carbonyl (C=O) groups is 1. The fraction of sp³-hybridized carbons (Fsp3) is 0.333. The molecule has 0 radical (unpaired) electrons. The van der Waals surface area contributed by atoms with Crippen molar-refractivity contribution in [2.45, 2.75) is 31.3 Å². The van der Waals surface area contributed by atoms with Crippen molar-refractivity contribution in [1.29, 1.82) is 0 Å². The van der Waals surface area contributed by atoms with Gasteiger partial charge in [-0.3, -0.25) is 9.48 Å². The van der Waals surface area contributed by atoms with E-state index < -0.39 is 0 Å². The number of benzene rings is 1. The van der Waals surface area contributed by atoms with Crippen molar-refractivity contribution in [2.24, 2.45) is 7.05 Å². The van der Waals surface area contributed by atoms with Crippen LogP contribution in [0.3, 0.4) is 0 Å². The standard InChI is InChI=1S/C18H19N3O/c1-20-17(9-10-19-20)18(22)21-15-7-8-16(21)12-14(11-15)13-5-3-2-4-6-13/h2-6,9-11,15-16H,7-8,12H2,1H3. The molecule has 2 aliphatic rings. The third-order valence-electron chi connectivity index (χ3n) is 4.81. The Morgan fingerprint density at radius 2 is 2.00 bits per heavy atom. The largest absolute Gasteiger partial charge is 0.328 e. The second-order valence-electron chi connectivity index (χ2n) is 6.11. The van der Waals surface area contributed by atoms with Gasteiger partial charge in [-0.15, -0.1) is 0 Å². The molecule has 1 aromatic heterocycles. The Morgan fingerprint density at radius 1 is 1.18 bits per heavy atom. The first-order chi connectivity index (χ1) is 10.7. The van der Waals surface area contributed by atoms with Crippen molar-refractivity contribution in [2.75, 3.05) is 0 Å². The van der Waals surface area contributed by atoms with Crippen molar-refractivity contribution in [3.8, 4) is 0 Å². The van der Waals surface area contributed by atoms with Gasteiger partial charge in [-0.2, -0.15) is 5.10 Å². The third-order valence-corrected chi connectivity index (χ3v) is 4.81. The van der Waals surface area contributed by atoms with Gasteiger partial charge in [0.15, 0.2) is 0 Å². The van der Waals surface area contributed by atoms with E-state index in [-0.39, 0.29) is 11.9 Å². The molecule has 4 heteroatoms. The molecule has 2 aliphatic heterocycles. The van der Waals surface area contributed by atoms with Crippen molar-refractivity contribution < 1.29 is 4.79 Å². The van der Waals surface area contributed by atoms with Gasteiger partial charge in [0.2, 0.25) is 0 Å². The lowest BCUT2D eigenvalue weighted by Gasteiger charge is -2.34. The van der Waals surface area contributed by atoms with Crippen LogP contribution in [0.1, 0.15) is 35.3 Å². The molecule has 1 fully saturated rings. The highest BCUT2D eigenvalue weighted by Crippen LogP contribution is 2.39. The van der Waals surface area contributed by atoms with Crippen LogP contribution in [0, 0.1) is 0 Å². The molecule has 1 amide bonds. The van der Waals surface area contributed by atoms with E-state index in [9.17, 15) is 4.79 Å². The van der Waals surface area contributed by atoms with E-state index in [1.54, 1.807) is 16.9 Å². The van der Waals surface area contributed by atoms with Crippen LogP contribution in [0.2, 0.25) is 0 Å². The number of amides is 1. The maximum atomic E-state index is 12.8. The van der Waals surface area contributed by atoms with E-state index in [2.05, 4.69) is 40.3 Å². The van der Waals surface area contributed by atoms with Crippen LogP contribution < -0.4 is 0 Å². The smallest absolute Gasteiger partial charge is 0.272 e. The van der Waals surface area contributed by atoms with E-state index in [1.807, 2.05) is 13.1 Å². The summed E-state index contributed by atoms with van der Waals surface area (Å²) in [6, 6.07) is 12.8. The average molecular weight is 293 g/mol. The highest BCUT2D eigenvalue weighted by Gasteiger charge is 2.40. The Morgan fingerprint density at radius 3 is 2.68 bits per heavy atom. The molecule has 2 aromatic rings. The van der Waals surface area contributed by atoms with Gasteiger partial charge in [0, 0.05) is 19.3 Å². The zero-order chi connectivity index (χ0) is 15.1. The van der Waals surface area contributed by atoms with Gasteiger partial charge in [-0.05, 0) is 36.5 Å². The molecule has 4 rings (SSSR count). The van der Waals surface area contributed by atoms with Gasteiger partial charge in [-0.25, -0.2) is 0 Å². The van der Waals surface area contributed by atoms with Crippen LogP contribution in [0.25, 0.3) is 5.57 Å². The summed E-state index contributed by atoms with van der Waals surface area (Å²) in [4.78, 5) is 14.9. The minimum atomic E-state index is 0.107. The molecular weight excluding hydrogens is 274 g/mol. The number of aryl methyl sites for hydroxylation is 1. The monoisotopic (exact) mass is 293 g/mol. The fourth-order valence-electron chi connectivity index (χ4n) is 3.73. The minimum absolute atomic E-state index is 0.107. The predicted molar refractivity (Wildman–Crippen MR) is 85.2 cm³/mol. The Hall–Kier alpha value is -2.36. The normalized spacial score (nSPS) is 23.5. The van der Waals surface area contributed by atoms with Crippen LogP contribution in [0.15, 0.2) is 48.7 Å². The van der Waals surface area contributed by atoms with E-state index in [4.69, 9.17) is 0 Å². The van der Waals surface area contributed by atoms with Gasteiger partial charge in [-0.1, -0.05) is 36.4 Å². The first-order valence-corrected chi connectivity index (χ1v) is 7.81. The summed E-state index contributed by atoms with van der Waals surface area (Å²) < 4.78 is 1.66. The predicted octanol–water partition coefficient (Wildman–Crippen LogP) is 2.88. The summed E-state index contributed by atoms with van der Waals surface area (Å²) in [6.45, 7) is 0. The summed E-state index contributed by atoms with van der Waals surface area (Å²) >= 11 is 0. The van der Waals surface area contributed by atoms with Gasteiger partial charge in [0.1, 0.15) is 5.69 Å². The van der Waals surface area contributed by atoms with Crippen LogP contribution >= 0.6 is 0 Å². The molecule has 0 N–H and O–H groups in total. The Bertz CT molecular complexity index is 732. The highest BCUT2D eigenvalue weighted by atomic mass is 16.2. The first-order valence-electron chi connectivity index (χ1n) is 7.81. The first kappa shape index (κ1) is 13.3. The maximum Gasteiger partial charge on any atom is 0.272 e. The summed E-state index contributed by atoms with van der Waals surface area (Å²) in [5.41, 5.74) is 3.34. The fourth-order valence-corrected chi connectivity index (χ4v) is 3.73. The quantitative estimate of drug-likeness (QED) is 0.854. The molecule has 2 unspecified atom stereocenters. The topological polar surface area (TPSA) is 38.1 Å². The zero-order valence-corrected chi connectivity index (χ0v) is 12.6. The molecule has 2 bridgehead atoms. The summed E-state index contributed by atoms with van der Waals surface area (Å²) in [5.74, 6) is 0.107. The molecule has 1 aromatic carbocycles. The second-order valence-corrected chi connectivity index (χ2v) is 6.11. The zero-order valence-electron chi connectivity index (χ0n) is 12.6. The molecule has 22 heavy (non-hydrogen) atoms. The summed E-state index contributed by atoms with van der Waals surface area (Å²) in [6.07, 6.45) is 7.06. The van der Waals surface area contributed by atoms with E-state index in [0.29, 0.717) is 11.7 Å². The number of hydrogen-bond donors (Lipinski definition) is 0. The van der Waals surface area contributed by atoms with Crippen LogP contribution in [0.4, 0.5) is 0 Å². The third kappa shape index (κ3) is 2.06. The minimum Gasteiger partial charge on any atom is -0.328 e. The molecule has 0 saturated carbocycles. The van der Waals surface area contributed by atoms with Gasteiger partial charge >= 0.3 is 0 Å². The number of carbonyl (C=O) groups excluding carboxylic acids is 1. The summed E-state index contributed by atoms with van der Waals surface area (Å²) in [7, 11) is 1.82.